The predicted molar refractivity (Wildman–Crippen MR) is 72.8 cm³/mol. The second-order valence-corrected chi connectivity index (χ2v) is 5.26. The van der Waals surface area contributed by atoms with Gasteiger partial charge in [-0.2, -0.15) is 5.10 Å². The highest BCUT2D eigenvalue weighted by atomic mass is 16.5. The lowest BCUT2D eigenvalue weighted by Gasteiger charge is -2.46. The molecular formula is C14H25N3O. The Kier molecular flexibility index (Phi) is 4.07. The molecular weight excluding hydrogens is 226 g/mol. The Morgan fingerprint density at radius 1 is 1.56 bits per heavy atom. The summed E-state index contributed by atoms with van der Waals surface area (Å²) in [5.74, 6) is 0. The van der Waals surface area contributed by atoms with Gasteiger partial charge in [-0.05, 0) is 46.2 Å². The number of nitrogens with one attached hydrogen (secondary N) is 1. The fraction of sp³-hybridized carbons (Fsp3) is 0.786. The third-order valence-corrected chi connectivity index (χ3v) is 4.29. The van der Waals surface area contributed by atoms with E-state index in [0.717, 1.165) is 31.5 Å². The van der Waals surface area contributed by atoms with E-state index in [1.807, 2.05) is 14.2 Å². The van der Waals surface area contributed by atoms with E-state index in [-0.39, 0.29) is 5.60 Å². The van der Waals surface area contributed by atoms with Crippen LogP contribution in [-0.4, -0.2) is 35.6 Å². The molecule has 0 bridgehead atoms. The molecule has 0 aliphatic heterocycles. The van der Waals surface area contributed by atoms with Crippen LogP contribution in [0, 0.1) is 6.92 Å². The third kappa shape index (κ3) is 2.31. The molecule has 1 N–H and O–H groups in total. The normalized spacial score (nSPS) is 19.6. The Morgan fingerprint density at radius 3 is 2.72 bits per heavy atom. The van der Waals surface area contributed by atoms with Crippen LogP contribution in [0.25, 0.3) is 0 Å². The molecule has 1 aromatic heterocycles. The minimum Gasteiger partial charge on any atom is -0.377 e. The van der Waals surface area contributed by atoms with Gasteiger partial charge in [0.1, 0.15) is 0 Å². The largest absolute Gasteiger partial charge is 0.377 e. The zero-order chi connectivity index (χ0) is 13.2. The van der Waals surface area contributed by atoms with Crippen molar-refractivity contribution in [1.82, 2.24) is 15.1 Å². The topological polar surface area (TPSA) is 39.1 Å². The van der Waals surface area contributed by atoms with Crippen LogP contribution >= 0.6 is 0 Å². The number of nitrogens with zero attached hydrogens (tertiary/aromatic N) is 2. The molecule has 1 saturated carbocycles. The molecule has 1 unspecified atom stereocenters. The number of likely N-dealkylation sites (N-methyl/N-ethyl adjacent to an activating group) is 1. The van der Waals surface area contributed by atoms with Crippen LogP contribution in [0.3, 0.4) is 0 Å². The van der Waals surface area contributed by atoms with Gasteiger partial charge >= 0.3 is 0 Å². The third-order valence-electron chi connectivity index (χ3n) is 4.29. The minimum absolute atomic E-state index is 0.0332. The molecule has 102 valence electrons. The van der Waals surface area contributed by atoms with E-state index >= 15 is 0 Å². The molecule has 18 heavy (non-hydrogen) atoms. The minimum atomic E-state index is 0.0332. The quantitative estimate of drug-likeness (QED) is 0.839. The van der Waals surface area contributed by atoms with Gasteiger partial charge in [-0.3, -0.25) is 4.68 Å². The Hall–Kier alpha value is -0.870. The molecule has 0 saturated heterocycles. The molecule has 0 spiro atoms. The summed E-state index contributed by atoms with van der Waals surface area (Å²) in [6.07, 6.45) is 4.58. The van der Waals surface area contributed by atoms with Crippen molar-refractivity contribution in [3.63, 3.8) is 0 Å². The van der Waals surface area contributed by atoms with Gasteiger partial charge in [0, 0.05) is 31.8 Å². The summed E-state index contributed by atoms with van der Waals surface area (Å²) in [7, 11) is 3.87. The molecule has 0 aromatic carbocycles. The van der Waals surface area contributed by atoms with Crippen molar-refractivity contribution in [1.29, 1.82) is 0 Å². The zero-order valence-electron chi connectivity index (χ0n) is 12.0. The highest BCUT2D eigenvalue weighted by Gasteiger charge is 2.44. The lowest BCUT2D eigenvalue weighted by Crippen LogP contribution is -2.56. The first-order valence-electron chi connectivity index (χ1n) is 6.91. The first-order valence-corrected chi connectivity index (χ1v) is 6.91. The molecule has 1 aliphatic rings. The Morgan fingerprint density at radius 2 is 2.28 bits per heavy atom. The summed E-state index contributed by atoms with van der Waals surface area (Å²) in [6.45, 7) is 5.12. The van der Waals surface area contributed by atoms with Crippen LogP contribution in [0.2, 0.25) is 0 Å². The van der Waals surface area contributed by atoms with Gasteiger partial charge < -0.3 is 10.1 Å². The monoisotopic (exact) mass is 251 g/mol. The van der Waals surface area contributed by atoms with Crippen LogP contribution in [-0.2, 0) is 17.7 Å². The fourth-order valence-corrected chi connectivity index (χ4v) is 3.02. The van der Waals surface area contributed by atoms with Crippen molar-refractivity contribution < 1.29 is 4.74 Å². The van der Waals surface area contributed by atoms with Crippen LogP contribution in [0.15, 0.2) is 6.07 Å². The van der Waals surface area contributed by atoms with E-state index in [0.29, 0.717) is 6.04 Å². The zero-order valence-corrected chi connectivity index (χ0v) is 12.0. The molecule has 1 fully saturated rings. The van der Waals surface area contributed by atoms with Crippen molar-refractivity contribution in [2.45, 2.75) is 57.7 Å². The molecule has 1 aromatic rings. The van der Waals surface area contributed by atoms with E-state index in [4.69, 9.17) is 4.74 Å². The van der Waals surface area contributed by atoms with Gasteiger partial charge in [-0.1, -0.05) is 0 Å². The number of hydrogen-bond donors (Lipinski definition) is 1. The van der Waals surface area contributed by atoms with Crippen LogP contribution in [0.1, 0.15) is 37.6 Å². The van der Waals surface area contributed by atoms with Gasteiger partial charge in [0.25, 0.3) is 0 Å². The Bertz CT molecular complexity index is 390. The van der Waals surface area contributed by atoms with Crippen molar-refractivity contribution in [2.75, 3.05) is 14.2 Å². The number of hydrogen-bond acceptors (Lipinski definition) is 3. The molecule has 1 atom stereocenters. The van der Waals surface area contributed by atoms with Crippen molar-refractivity contribution in [3.05, 3.63) is 17.5 Å². The standard InChI is InChI=1S/C14H25N3O/c1-5-17-12(9-11(2)16-17)10-13(15-3)14(18-4)7-6-8-14/h9,13,15H,5-8,10H2,1-4H3. The SMILES string of the molecule is CCn1nc(C)cc1CC(NC)C1(OC)CCC1. The van der Waals surface area contributed by atoms with Gasteiger partial charge in [-0.15, -0.1) is 0 Å². The summed E-state index contributed by atoms with van der Waals surface area (Å²) < 4.78 is 7.89. The average molecular weight is 251 g/mol. The number of aryl methyl sites for hydroxylation is 2. The number of methoxy groups -OCH3 is 1. The number of rotatable bonds is 6. The summed E-state index contributed by atoms with van der Waals surface area (Å²) in [4.78, 5) is 0. The second-order valence-electron chi connectivity index (χ2n) is 5.26. The Balaban J connectivity index is 2.14. The van der Waals surface area contributed by atoms with Gasteiger partial charge in [0.05, 0.1) is 11.3 Å². The van der Waals surface area contributed by atoms with E-state index in [9.17, 15) is 0 Å². The van der Waals surface area contributed by atoms with Crippen molar-refractivity contribution in [3.8, 4) is 0 Å². The molecule has 2 rings (SSSR count). The molecule has 0 amide bonds. The Labute approximate surface area is 110 Å². The first kappa shape index (κ1) is 13.6. The lowest BCUT2D eigenvalue weighted by molar-refractivity contribution is -0.0969. The summed E-state index contributed by atoms with van der Waals surface area (Å²) in [6, 6.07) is 2.56. The second kappa shape index (κ2) is 5.41. The van der Waals surface area contributed by atoms with Crippen LogP contribution in [0.4, 0.5) is 0 Å². The van der Waals surface area contributed by atoms with E-state index < -0.39 is 0 Å². The molecule has 1 heterocycles. The summed E-state index contributed by atoms with van der Waals surface area (Å²) in [5, 5.41) is 7.95. The summed E-state index contributed by atoms with van der Waals surface area (Å²) in [5.41, 5.74) is 2.44. The predicted octanol–water partition coefficient (Wildman–Crippen LogP) is 1.91. The maximum absolute atomic E-state index is 5.79. The van der Waals surface area contributed by atoms with E-state index in [1.165, 1.54) is 12.1 Å². The van der Waals surface area contributed by atoms with Crippen LogP contribution < -0.4 is 5.32 Å². The first-order chi connectivity index (χ1) is 8.65. The highest BCUT2D eigenvalue weighted by Crippen LogP contribution is 2.39. The fourth-order valence-electron chi connectivity index (χ4n) is 3.02. The smallest absolute Gasteiger partial charge is 0.0834 e. The molecule has 1 aliphatic carbocycles. The van der Waals surface area contributed by atoms with Crippen molar-refractivity contribution in [2.24, 2.45) is 0 Å². The van der Waals surface area contributed by atoms with Gasteiger partial charge in [0.15, 0.2) is 0 Å². The van der Waals surface area contributed by atoms with Crippen LogP contribution in [0.5, 0.6) is 0 Å². The average Bonchev–Trinajstić information content (AvgIpc) is 2.67. The maximum Gasteiger partial charge on any atom is 0.0834 e. The van der Waals surface area contributed by atoms with Gasteiger partial charge in [-0.25, -0.2) is 0 Å². The molecule has 4 heteroatoms. The molecule has 4 nitrogen and oxygen atoms in total. The maximum atomic E-state index is 5.79. The lowest BCUT2D eigenvalue weighted by atomic mass is 9.73. The molecule has 0 radical (unpaired) electrons. The van der Waals surface area contributed by atoms with E-state index in [1.54, 1.807) is 0 Å². The van der Waals surface area contributed by atoms with Gasteiger partial charge in [0.2, 0.25) is 0 Å². The highest BCUT2D eigenvalue weighted by molar-refractivity contribution is 5.13. The summed E-state index contributed by atoms with van der Waals surface area (Å²) >= 11 is 0. The number of ether oxygens (including phenoxy) is 1. The van der Waals surface area contributed by atoms with E-state index in [2.05, 4.69) is 35.0 Å². The number of aromatic nitrogens is 2. The van der Waals surface area contributed by atoms with Crippen molar-refractivity contribution >= 4 is 0 Å².